The van der Waals surface area contributed by atoms with E-state index < -0.39 is 0 Å². The summed E-state index contributed by atoms with van der Waals surface area (Å²) in [5.41, 5.74) is 17.5. The maximum Gasteiger partial charge on any atom is 1.00 e. The van der Waals surface area contributed by atoms with Crippen LogP contribution in [0, 0.1) is 103 Å². The van der Waals surface area contributed by atoms with Gasteiger partial charge in [-0.05, 0) is 124 Å². The predicted molar refractivity (Wildman–Crippen MR) is 315 cm³/mol. The van der Waals surface area contributed by atoms with Crippen molar-refractivity contribution < 1.29 is 85.3 Å². The number of nitriles is 2. The molecular weight excluding hydrogens is 1620 g/mol. The van der Waals surface area contributed by atoms with Crippen LogP contribution in [0.5, 0.6) is 0 Å². The molecule has 0 aliphatic carbocycles. The molecule has 0 saturated carbocycles. The number of rotatable bonds is 7. The second kappa shape index (κ2) is 35.8. The molecule has 9 aromatic rings. The largest absolute Gasteiger partial charge is 1.00 e. The van der Waals surface area contributed by atoms with Gasteiger partial charge < -0.3 is 19.9 Å². The SMILES string of the molecule is C1CCOC1.CC#N.Cc1cc(C)c(-n2cc(Br)nc2-c2[c-]cccc2)c(C)c1.Cc1cc(C)c(-n2cc(S)nc2-c2[c-]cccc2)c(C)c1.Cc1cc(C)c(-n2cc(SC#N)nc2-c2[c-]cccc2)c(C)c1.[AlH3].[H-].[Ir].[Ir].[Ir].[Li+]. The molecule has 3 aromatic heterocycles. The average Bonchev–Trinajstić information content (AvgIpc) is 4.20. The molecule has 407 valence electrons. The number of ether oxygens (including phenoxy) is 1. The van der Waals surface area contributed by atoms with Crippen LogP contribution in [-0.2, 0) is 65.1 Å². The first-order valence-electron chi connectivity index (χ1n) is 23.9. The van der Waals surface area contributed by atoms with Crippen LogP contribution in [0.1, 0.15) is 71.3 Å². The molecular formula is C61H64AlBrIr3LiN8OS2-3. The summed E-state index contributed by atoms with van der Waals surface area (Å²) in [7, 11) is 0. The van der Waals surface area contributed by atoms with Gasteiger partial charge in [-0.1, -0.05) is 53.1 Å². The first-order chi connectivity index (χ1) is 35.1. The minimum Gasteiger partial charge on any atom is -1.00 e. The minimum atomic E-state index is 0. The van der Waals surface area contributed by atoms with E-state index in [0.29, 0.717) is 10.1 Å². The van der Waals surface area contributed by atoms with Gasteiger partial charge in [-0.2, -0.15) is 10.5 Å². The van der Waals surface area contributed by atoms with Crippen molar-refractivity contribution in [3.8, 4) is 62.7 Å². The molecule has 3 radical (unpaired) electrons. The Morgan fingerprint density at radius 2 is 0.897 bits per heavy atom. The van der Waals surface area contributed by atoms with Crippen molar-refractivity contribution in [3.05, 3.63) is 201 Å². The second-order valence-electron chi connectivity index (χ2n) is 17.6. The molecule has 0 atom stereocenters. The number of thioether (sulfide) groups is 1. The molecule has 0 bridgehead atoms. The summed E-state index contributed by atoms with van der Waals surface area (Å²) in [5.74, 6) is 2.58. The minimum absolute atomic E-state index is 0. The van der Waals surface area contributed by atoms with Crippen molar-refractivity contribution >= 4 is 57.7 Å². The summed E-state index contributed by atoms with van der Waals surface area (Å²) in [6, 6.07) is 48.2. The maximum absolute atomic E-state index is 8.96. The van der Waals surface area contributed by atoms with E-state index in [0.717, 1.165) is 69.4 Å². The normalized spacial score (nSPS) is 10.6. The Bertz CT molecular complexity index is 3170. The van der Waals surface area contributed by atoms with Crippen LogP contribution in [0.15, 0.2) is 142 Å². The maximum atomic E-state index is 8.96. The molecule has 0 spiro atoms. The van der Waals surface area contributed by atoms with E-state index in [2.05, 4.69) is 180 Å². The van der Waals surface area contributed by atoms with Gasteiger partial charge >= 0.3 is 18.9 Å². The van der Waals surface area contributed by atoms with Crippen LogP contribution < -0.4 is 18.9 Å². The molecule has 1 saturated heterocycles. The fourth-order valence-electron chi connectivity index (χ4n) is 9.02. The fourth-order valence-corrected chi connectivity index (χ4v) is 9.99. The van der Waals surface area contributed by atoms with Crippen LogP contribution in [0.25, 0.3) is 51.2 Å². The van der Waals surface area contributed by atoms with Crippen molar-refractivity contribution in [2.45, 2.75) is 92.1 Å². The van der Waals surface area contributed by atoms with Crippen molar-refractivity contribution in [3.63, 3.8) is 0 Å². The fraction of sp³-hybridized carbons (Fsp3) is 0.230. The van der Waals surface area contributed by atoms with E-state index in [4.69, 9.17) is 15.3 Å². The molecule has 6 aromatic carbocycles. The zero-order valence-electron chi connectivity index (χ0n) is 46.2. The van der Waals surface area contributed by atoms with Crippen LogP contribution >= 0.6 is 40.3 Å². The summed E-state index contributed by atoms with van der Waals surface area (Å²) >= 11 is 8.99. The zero-order chi connectivity index (χ0) is 52.6. The van der Waals surface area contributed by atoms with Crippen LogP contribution in [0.3, 0.4) is 0 Å². The van der Waals surface area contributed by atoms with Gasteiger partial charge in [-0.3, -0.25) is 15.0 Å². The molecule has 17 heteroatoms. The Labute approximate surface area is 545 Å². The van der Waals surface area contributed by atoms with Gasteiger partial charge in [0.15, 0.2) is 17.4 Å². The smallest absolute Gasteiger partial charge is 1.00 e. The summed E-state index contributed by atoms with van der Waals surface area (Å²) in [6.07, 6.45) is 8.46. The van der Waals surface area contributed by atoms with E-state index in [9.17, 15) is 0 Å². The van der Waals surface area contributed by atoms with E-state index >= 15 is 0 Å². The molecule has 1 fully saturated rings. The van der Waals surface area contributed by atoms with E-state index in [-0.39, 0.29) is 98.0 Å². The van der Waals surface area contributed by atoms with Crippen LogP contribution in [-0.4, -0.2) is 59.2 Å². The molecule has 9 nitrogen and oxygen atoms in total. The summed E-state index contributed by atoms with van der Waals surface area (Å²) in [4.78, 5) is 13.8. The number of imidazole rings is 3. The Morgan fingerprint density at radius 3 is 1.22 bits per heavy atom. The number of aryl methyl sites for hydroxylation is 9. The second-order valence-corrected chi connectivity index (χ2v) is 19.7. The van der Waals surface area contributed by atoms with Gasteiger partial charge in [0.1, 0.15) is 20.1 Å². The average molecular weight is 1680 g/mol. The molecule has 10 rings (SSSR count). The number of halogens is 1. The summed E-state index contributed by atoms with van der Waals surface area (Å²) in [5, 5.41) is 19.8. The van der Waals surface area contributed by atoms with Crippen molar-refractivity contribution in [1.29, 1.82) is 10.5 Å². The first kappa shape index (κ1) is 72.2. The predicted octanol–water partition coefficient (Wildman–Crippen LogP) is 11.7. The third-order valence-electron chi connectivity index (χ3n) is 11.5. The number of benzene rings is 6. The number of aromatic nitrogens is 6. The molecule has 0 unspecified atom stereocenters. The van der Waals surface area contributed by atoms with Gasteiger partial charge in [0.25, 0.3) is 0 Å². The van der Waals surface area contributed by atoms with Crippen molar-refractivity contribution in [2.75, 3.05) is 13.2 Å². The van der Waals surface area contributed by atoms with E-state index in [1.165, 1.54) is 81.2 Å². The number of thiocyanates is 1. The first-order valence-corrected chi connectivity index (χ1v) is 25.9. The van der Waals surface area contributed by atoms with Gasteiger partial charge in [-0.15, -0.1) is 120 Å². The third kappa shape index (κ3) is 19.7. The molecule has 1 aliphatic rings. The van der Waals surface area contributed by atoms with Gasteiger partial charge in [0.05, 0.1) is 23.5 Å². The quantitative estimate of drug-likeness (QED) is 0.0556. The molecule has 1 aliphatic heterocycles. The van der Waals surface area contributed by atoms with Crippen molar-refractivity contribution in [1.82, 2.24) is 28.7 Å². The number of hydrogen-bond donors (Lipinski definition) is 1. The topological polar surface area (TPSA) is 110 Å². The van der Waals surface area contributed by atoms with Crippen LogP contribution in [0.2, 0.25) is 0 Å². The van der Waals surface area contributed by atoms with E-state index in [1.807, 2.05) is 91.4 Å². The Kier molecular flexibility index (Phi) is 33.1. The monoisotopic (exact) mass is 1680 g/mol. The summed E-state index contributed by atoms with van der Waals surface area (Å²) in [6.45, 7) is 22.5. The number of thiol groups is 1. The Morgan fingerprint density at radius 1 is 0.564 bits per heavy atom. The molecule has 0 amide bonds. The molecule has 0 N–H and O–H groups in total. The van der Waals surface area contributed by atoms with Crippen molar-refractivity contribution in [2.24, 2.45) is 0 Å². The Balaban J connectivity index is 0.00000104. The third-order valence-corrected chi connectivity index (χ3v) is 12.6. The molecule has 78 heavy (non-hydrogen) atoms. The van der Waals surface area contributed by atoms with Gasteiger partial charge in [0.2, 0.25) is 0 Å². The summed E-state index contributed by atoms with van der Waals surface area (Å²) < 4.78 is 12.1. The molecule has 4 heterocycles. The zero-order valence-corrected chi connectivity index (χ0v) is 55.7. The number of nitrogens with zero attached hydrogens (tertiary/aromatic N) is 8. The standard InChI is InChI=1S/C19H16N3S.C18H16BrN2.C18H17N2S.C4H8O.C2H3N.Al.3Ir.Li.4H/c1-13-9-14(2)18(15(3)10-13)22-11-17(23-12-20)21-19(22)16-7-5-4-6-8-16;1-12-9-13(2)17(14(3)10-12)21-11-16(19)20-18(21)15-7-5-4-6-8-15;1-12-9-13(2)17(14(3)10-12)20-11-16(21)19-18(20)15-7-5-4-6-8-15;1-2-4-5-3-1;1-2-3;;;;;;;;;/h4-7,9-11H,1-3H3;4-7,9-11H,1-3H3;4-7,9-11,21H,1-3H3;1-4H2;1H3;;;;;;;;;/q3*-1;;;;;;;+1;;;;-1. The number of hydrogen-bond acceptors (Lipinski definition) is 8. The van der Waals surface area contributed by atoms with Crippen LogP contribution in [0.4, 0.5) is 0 Å². The Hall–Kier alpha value is -3.85. The van der Waals surface area contributed by atoms with E-state index in [1.54, 1.807) is 6.07 Å². The van der Waals surface area contributed by atoms with Gasteiger partial charge in [0, 0.05) is 128 Å². The van der Waals surface area contributed by atoms with Gasteiger partial charge in [-0.25, -0.2) is 0 Å².